The minimum atomic E-state index is 0.918. The van der Waals surface area contributed by atoms with Crippen molar-refractivity contribution in [1.82, 2.24) is 16.0 Å². The van der Waals surface area contributed by atoms with Gasteiger partial charge in [0.25, 0.3) is 0 Å². The predicted molar refractivity (Wildman–Crippen MR) is 34.8 cm³/mol. The minimum Gasteiger partial charge on any atom is -0.311 e. The van der Waals surface area contributed by atoms with Crippen LogP contribution in [0.25, 0.3) is 0 Å². The molecule has 48 valence electrons. The zero-order valence-electron chi connectivity index (χ0n) is 5.65. The first-order valence-electron chi connectivity index (χ1n) is 2.50. The van der Waals surface area contributed by atoms with Gasteiger partial charge in [0.2, 0.25) is 0 Å². The molecule has 8 heavy (non-hydrogen) atoms. The van der Waals surface area contributed by atoms with Crippen LogP contribution in [0.3, 0.4) is 0 Å². The van der Waals surface area contributed by atoms with Gasteiger partial charge in [0.05, 0.1) is 0 Å². The molecule has 0 rings (SSSR count). The Morgan fingerprint density at radius 1 is 1.62 bits per heavy atom. The average molecular weight is 115 g/mol. The molecule has 0 unspecified atom stereocenters. The van der Waals surface area contributed by atoms with E-state index >= 15 is 0 Å². The lowest BCUT2D eigenvalue weighted by Gasteiger charge is -2.16. The largest absolute Gasteiger partial charge is 0.311 e. The van der Waals surface area contributed by atoms with E-state index in [0.717, 1.165) is 5.70 Å². The molecule has 0 saturated heterocycles. The molecule has 3 nitrogen and oxygen atoms in total. The summed E-state index contributed by atoms with van der Waals surface area (Å²) in [5.74, 6) is 0. The standard InChI is InChI=1S/C5H13N3/c1-5(2)7-8(4)6-3/h6-7H,1H2,2-4H3. The first-order chi connectivity index (χ1) is 3.66. The molecule has 0 spiro atoms. The zero-order valence-corrected chi connectivity index (χ0v) is 5.65. The van der Waals surface area contributed by atoms with E-state index in [1.807, 2.05) is 21.0 Å². The maximum atomic E-state index is 3.65. The molecule has 0 heterocycles. The van der Waals surface area contributed by atoms with E-state index in [1.54, 1.807) is 5.12 Å². The fraction of sp³-hybridized carbons (Fsp3) is 0.600. The molecule has 2 N–H and O–H groups in total. The summed E-state index contributed by atoms with van der Waals surface area (Å²) in [6.45, 7) is 5.55. The first-order valence-corrected chi connectivity index (χ1v) is 2.50. The molecular weight excluding hydrogens is 102 g/mol. The number of hydrogen-bond donors (Lipinski definition) is 2. The Morgan fingerprint density at radius 3 is 2.25 bits per heavy atom. The summed E-state index contributed by atoms with van der Waals surface area (Å²) in [4.78, 5) is 0. The smallest absolute Gasteiger partial charge is 0.0224 e. The third-order valence-corrected chi connectivity index (χ3v) is 0.694. The molecular formula is C5H13N3. The predicted octanol–water partition coefficient (Wildman–Crippen LogP) is 0.0908. The zero-order chi connectivity index (χ0) is 6.57. The lowest BCUT2D eigenvalue weighted by atomic mass is 10.6. The number of hydrogen-bond acceptors (Lipinski definition) is 3. The number of rotatable bonds is 3. The van der Waals surface area contributed by atoms with Gasteiger partial charge in [-0.3, -0.25) is 0 Å². The Labute approximate surface area is 50.3 Å². The topological polar surface area (TPSA) is 27.3 Å². The first kappa shape index (κ1) is 7.46. The van der Waals surface area contributed by atoms with Gasteiger partial charge in [0, 0.05) is 19.8 Å². The van der Waals surface area contributed by atoms with E-state index in [2.05, 4.69) is 17.4 Å². The van der Waals surface area contributed by atoms with E-state index < -0.39 is 0 Å². The van der Waals surface area contributed by atoms with Crippen molar-refractivity contribution in [2.75, 3.05) is 14.1 Å². The average Bonchev–Trinajstić information content (AvgIpc) is 1.65. The number of nitrogens with one attached hydrogen (secondary N) is 2. The molecule has 0 radical (unpaired) electrons. The quantitative estimate of drug-likeness (QED) is 0.510. The van der Waals surface area contributed by atoms with Gasteiger partial charge in [-0.15, -0.1) is 0 Å². The van der Waals surface area contributed by atoms with Crippen LogP contribution >= 0.6 is 0 Å². The molecule has 0 aliphatic heterocycles. The Kier molecular flexibility index (Phi) is 3.23. The Bertz CT molecular complexity index is 79.7. The molecule has 0 aliphatic rings. The second-order valence-corrected chi connectivity index (χ2v) is 1.67. The Hall–Kier alpha value is -0.540. The Balaban J connectivity index is 3.24. The fourth-order valence-electron chi connectivity index (χ4n) is 0.342. The molecule has 0 bridgehead atoms. The highest BCUT2D eigenvalue weighted by molar-refractivity contribution is 4.81. The monoisotopic (exact) mass is 115 g/mol. The van der Waals surface area contributed by atoms with Crippen molar-refractivity contribution >= 4 is 0 Å². The minimum absolute atomic E-state index is 0.918. The van der Waals surface area contributed by atoms with E-state index in [0.29, 0.717) is 0 Å². The summed E-state index contributed by atoms with van der Waals surface area (Å²) < 4.78 is 0. The van der Waals surface area contributed by atoms with Gasteiger partial charge in [0.1, 0.15) is 0 Å². The van der Waals surface area contributed by atoms with Crippen LogP contribution in [0.1, 0.15) is 6.92 Å². The van der Waals surface area contributed by atoms with Crippen molar-refractivity contribution in [3.05, 3.63) is 12.3 Å². The van der Waals surface area contributed by atoms with Crippen LogP contribution in [0.15, 0.2) is 12.3 Å². The van der Waals surface area contributed by atoms with Crippen LogP contribution < -0.4 is 10.9 Å². The molecule has 0 saturated carbocycles. The van der Waals surface area contributed by atoms with Crippen molar-refractivity contribution in [2.24, 2.45) is 0 Å². The number of nitrogens with zero attached hydrogens (tertiary/aromatic N) is 1. The van der Waals surface area contributed by atoms with Crippen molar-refractivity contribution in [3.63, 3.8) is 0 Å². The van der Waals surface area contributed by atoms with Crippen molar-refractivity contribution in [2.45, 2.75) is 6.92 Å². The highest BCUT2D eigenvalue weighted by Gasteiger charge is 1.86. The molecule has 0 aromatic rings. The summed E-state index contributed by atoms with van der Waals surface area (Å²) >= 11 is 0. The number of hydrazine groups is 2. The van der Waals surface area contributed by atoms with Gasteiger partial charge in [-0.1, -0.05) is 6.58 Å². The third kappa shape index (κ3) is 3.64. The van der Waals surface area contributed by atoms with Gasteiger partial charge in [-0.05, 0) is 6.92 Å². The molecule has 0 atom stereocenters. The number of allylic oxidation sites excluding steroid dienone is 1. The van der Waals surface area contributed by atoms with E-state index in [9.17, 15) is 0 Å². The third-order valence-electron chi connectivity index (χ3n) is 0.694. The molecule has 3 heteroatoms. The molecule has 0 amide bonds. The summed E-state index contributed by atoms with van der Waals surface area (Å²) in [7, 11) is 3.70. The van der Waals surface area contributed by atoms with Gasteiger partial charge < -0.3 is 5.43 Å². The van der Waals surface area contributed by atoms with Crippen LogP contribution in [-0.4, -0.2) is 19.2 Å². The summed E-state index contributed by atoms with van der Waals surface area (Å²) in [5.41, 5.74) is 6.70. The SMILES string of the molecule is C=C(C)NN(C)NC. The second-order valence-electron chi connectivity index (χ2n) is 1.67. The Morgan fingerprint density at radius 2 is 2.12 bits per heavy atom. The van der Waals surface area contributed by atoms with Crippen LogP contribution in [-0.2, 0) is 0 Å². The summed E-state index contributed by atoms with van der Waals surface area (Å²) in [5, 5.41) is 1.72. The van der Waals surface area contributed by atoms with Gasteiger partial charge >= 0.3 is 0 Å². The van der Waals surface area contributed by atoms with E-state index in [-0.39, 0.29) is 0 Å². The lowest BCUT2D eigenvalue weighted by molar-refractivity contribution is 0.197. The molecule has 0 aromatic heterocycles. The van der Waals surface area contributed by atoms with Crippen molar-refractivity contribution in [1.29, 1.82) is 0 Å². The molecule has 0 fully saturated rings. The molecule has 0 aromatic carbocycles. The van der Waals surface area contributed by atoms with Crippen LogP contribution in [0.4, 0.5) is 0 Å². The van der Waals surface area contributed by atoms with E-state index in [1.165, 1.54) is 0 Å². The second kappa shape index (κ2) is 3.46. The van der Waals surface area contributed by atoms with Crippen LogP contribution in [0.2, 0.25) is 0 Å². The normalized spacial score (nSPS) is 9.50. The van der Waals surface area contributed by atoms with Crippen LogP contribution in [0, 0.1) is 0 Å². The molecule has 0 aliphatic carbocycles. The van der Waals surface area contributed by atoms with Gasteiger partial charge in [-0.2, -0.15) is 5.12 Å². The lowest BCUT2D eigenvalue weighted by Crippen LogP contribution is -2.41. The highest BCUT2D eigenvalue weighted by atomic mass is 15.7. The van der Waals surface area contributed by atoms with Crippen molar-refractivity contribution in [3.8, 4) is 0 Å². The highest BCUT2D eigenvalue weighted by Crippen LogP contribution is 1.76. The maximum Gasteiger partial charge on any atom is 0.0224 e. The van der Waals surface area contributed by atoms with E-state index in [4.69, 9.17) is 0 Å². The van der Waals surface area contributed by atoms with Crippen LogP contribution in [0.5, 0.6) is 0 Å². The fourth-order valence-corrected chi connectivity index (χ4v) is 0.342. The van der Waals surface area contributed by atoms with Crippen molar-refractivity contribution < 1.29 is 0 Å². The summed E-state index contributed by atoms with van der Waals surface area (Å²) in [6.07, 6.45) is 0. The van der Waals surface area contributed by atoms with Gasteiger partial charge in [-0.25, -0.2) is 5.43 Å². The maximum absolute atomic E-state index is 3.65. The summed E-state index contributed by atoms with van der Waals surface area (Å²) in [6, 6.07) is 0. The van der Waals surface area contributed by atoms with Gasteiger partial charge in [0.15, 0.2) is 0 Å².